The highest BCUT2D eigenvalue weighted by atomic mass is 16.3. The Kier molecular flexibility index (Phi) is 15.2. The molecule has 0 unspecified atom stereocenters. The summed E-state index contributed by atoms with van der Waals surface area (Å²) in [7, 11) is 2.02. The lowest BCUT2D eigenvalue weighted by molar-refractivity contribution is 0.392. The van der Waals surface area contributed by atoms with Crippen molar-refractivity contribution in [3.05, 3.63) is 96.1 Å². The number of aryl methyl sites for hydroxylation is 2. The second-order valence-corrected chi connectivity index (χ2v) is 14.0. The lowest BCUT2D eigenvalue weighted by atomic mass is 9.87. The maximum Gasteiger partial charge on any atom is 0.199 e. The zero-order valence-electron chi connectivity index (χ0n) is 29.0. The second kappa shape index (κ2) is 16.4. The zero-order valence-corrected chi connectivity index (χ0v) is 29.0. The molecule has 0 amide bonds. The van der Waals surface area contributed by atoms with Crippen molar-refractivity contribution in [1.82, 2.24) is 14.5 Å². The Morgan fingerprint density at radius 1 is 0.634 bits per heavy atom. The van der Waals surface area contributed by atoms with E-state index >= 15 is 0 Å². The van der Waals surface area contributed by atoms with Crippen molar-refractivity contribution in [3.63, 3.8) is 0 Å². The first-order valence-electron chi connectivity index (χ1n) is 14.7. The van der Waals surface area contributed by atoms with Gasteiger partial charge in [0.05, 0.1) is 6.20 Å². The summed E-state index contributed by atoms with van der Waals surface area (Å²) in [5.41, 5.74) is 2.05. The molecule has 0 saturated heterocycles. The first kappa shape index (κ1) is 37.9. The van der Waals surface area contributed by atoms with Gasteiger partial charge in [0, 0.05) is 35.7 Å². The van der Waals surface area contributed by atoms with Gasteiger partial charge in [0.2, 0.25) is 0 Å². The molecule has 0 bridgehead atoms. The van der Waals surface area contributed by atoms with Gasteiger partial charge < -0.3 is 13.4 Å². The zero-order chi connectivity index (χ0) is 32.1. The Morgan fingerprint density at radius 3 is 1.41 bits per heavy atom. The number of hydrogen-bond donors (Lipinski definition) is 0. The van der Waals surface area contributed by atoms with Gasteiger partial charge in [-0.1, -0.05) is 127 Å². The smallest absolute Gasteiger partial charge is 0.199 e. The summed E-state index contributed by atoms with van der Waals surface area (Å²) in [6.45, 7) is 31.8. The largest absolute Gasteiger partial charge is 0.466 e. The van der Waals surface area contributed by atoms with Gasteiger partial charge in [0.25, 0.3) is 0 Å². The number of furan rings is 1. The van der Waals surface area contributed by atoms with E-state index in [0.717, 1.165) is 23.2 Å². The Labute approximate surface area is 251 Å². The van der Waals surface area contributed by atoms with Crippen molar-refractivity contribution >= 4 is 0 Å². The summed E-state index contributed by atoms with van der Waals surface area (Å²) < 4.78 is 12.6. The van der Waals surface area contributed by atoms with Crippen molar-refractivity contribution < 1.29 is 8.83 Å². The van der Waals surface area contributed by atoms with Crippen LogP contribution in [0.2, 0.25) is 0 Å². The van der Waals surface area contributed by atoms with Gasteiger partial charge in [0.1, 0.15) is 23.6 Å². The van der Waals surface area contributed by atoms with Crippen LogP contribution in [0.4, 0.5) is 0 Å². The third-order valence-electron chi connectivity index (χ3n) is 5.69. The van der Waals surface area contributed by atoms with Gasteiger partial charge >= 0.3 is 0 Å². The van der Waals surface area contributed by atoms with Crippen molar-refractivity contribution in [2.75, 3.05) is 0 Å². The van der Waals surface area contributed by atoms with E-state index in [1.807, 2.05) is 52.3 Å². The van der Waals surface area contributed by atoms with Crippen LogP contribution in [0.25, 0.3) is 0 Å². The molecule has 0 radical (unpaired) electrons. The lowest BCUT2D eigenvalue weighted by Crippen LogP contribution is -2.16. The third kappa shape index (κ3) is 14.9. The number of hydrogen-bond acceptors (Lipinski definition) is 4. The molecule has 0 N–H and O–H groups in total. The van der Waals surface area contributed by atoms with Crippen molar-refractivity contribution in [2.45, 2.75) is 126 Å². The first-order chi connectivity index (χ1) is 18.7. The van der Waals surface area contributed by atoms with Crippen molar-refractivity contribution in [2.24, 2.45) is 7.05 Å². The maximum atomic E-state index is 5.45. The van der Waals surface area contributed by atoms with E-state index in [0.29, 0.717) is 5.41 Å². The molecule has 0 fully saturated rings. The summed E-state index contributed by atoms with van der Waals surface area (Å²) in [6, 6.07) is 14.6. The molecule has 3 aromatic heterocycles. The monoisotopic (exact) mass is 565 g/mol. The fraction of sp³-hybridized carbons (Fsp3) is 0.556. The molecule has 0 atom stereocenters. The predicted molar refractivity (Wildman–Crippen MR) is 176 cm³/mol. The van der Waals surface area contributed by atoms with Crippen LogP contribution in [0.15, 0.2) is 76.2 Å². The number of nitrogens with zero attached hydrogens (tertiary/aromatic N) is 3. The lowest BCUT2D eigenvalue weighted by Gasteiger charge is -2.18. The van der Waals surface area contributed by atoms with Crippen LogP contribution in [0.1, 0.15) is 126 Å². The highest BCUT2D eigenvalue weighted by Crippen LogP contribution is 2.24. The number of aromatic nitrogens is 3. The van der Waals surface area contributed by atoms with E-state index in [1.165, 1.54) is 5.56 Å². The van der Waals surface area contributed by atoms with Gasteiger partial charge in [-0.05, 0) is 30.0 Å². The normalized spacial score (nSPS) is 11.4. The predicted octanol–water partition coefficient (Wildman–Crippen LogP) is 10.6. The summed E-state index contributed by atoms with van der Waals surface area (Å²) in [6.07, 6.45) is 7.07. The molecular weight excluding hydrogens is 506 g/mol. The Balaban J connectivity index is 0.000000510. The van der Waals surface area contributed by atoms with Crippen LogP contribution in [0.5, 0.6) is 0 Å². The number of oxazole rings is 1. The van der Waals surface area contributed by atoms with Gasteiger partial charge in [-0.25, -0.2) is 9.97 Å². The molecule has 0 saturated carbocycles. The molecule has 4 rings (SSSR count). The maximum absolute atomic E-state index is 5.45. The molecule has 0 aliphatic carbocycles. The van der Waals surface area contributed by atoms with Gasteiger partial charge in [-0.2, -0.15) is 0 Å². The molecule has 0 aliphatic rings. The van der Waals surface area contributed by atoms with Crippen LogP contribution in [-0.4, -0.2) is 14.5 Å². The van der Waals surface area contributed by atoms with Crippen molar-refractivity contribution in [1.29, 1.82) is 0 Å². The molecule has 41 heavy (non-hydrogen) atoms. The van der Waals surface area contributed by atoms with Gasteiger partial charge in [-0.15, -0.1) is 0 Å². The summed E-state index contributed by atoms with van der Waals surface area (Å²) >= 11 is 0. The van der Waals surface area contributed by atoms with Gasteiger partial charge in [0.15, 0.2) is 5.89 Å². The third-order valence-corrected chi connectivity index (χ3v) is 5.69. The highest BCUT2D eigenvalue weighted by Gasteiger charge is 2.18. The Morgan fingerprint density at radius 2 is 1.20 bits per heavy atom. The number of imidazole rings is 1. The number of rotatable bonds is 0. The summed E-state index contributed by atoms with van der Waals surface area (Å²) in [5, 5.41) is 0. The summed E-state index contributed by atoms with van der Waals surface area (Å²) in [5.74, 6) is 3.98. The minimum atomic E-state index is 0.0451. The summed E-state index contributed by atoms with van der Waals surface area (Å²) in [4.78, 5) is 8.27. The van der Waals surface area contributed by atoms with Crippen LogP contribution < -0.4 is 0 Å². The van der Waals surface area contributed by atoms with Crippen LogP contribution >= 0.6 is 0 Å². The molecule has 5 heteroatoms. The van der Waals surface area contributed by atoms with E-state index in [4.69, 9.17) is 8.83 Å². The molecule has 230 valence electrons. The topological polar surface area (TPSA) is 57.0 Å². The Bertz CT molecular complexity index is 1190. The average Bonchev–Trinajstić information content (AvgIpc) is 3.63. The van der Waals surface area contributed by atoms with E-state index in [-0.39, 0.29) is 16.2 Å². The average molecular weight is 566 g/mol. The quantitative estimate of drug-likeness (QED) is 0.213. The van der Waals surface area contributed by atoms with Crippen LogP contribution in [0.3, 0.4) is 0 Å². The Hall–Kier alpha value is -3.08. The molecule has 1 aromatic carbocycles. The number of benzene rings is 1. The van der Waals surface area contributed by atoms with E-state index < -0.39 is 0 Å². The minimum Gasteiger partial charge on any atom is -0.466 e. The highest BCUT2D eigenvalue weighted by molar-refractivity contribution is 5.22. The first-order valence-corrected chi connectivity index (χ1v) is 14.7. The molecule has 3 heterocycles. The van der Waals surface area contributed by atoms with Crippen LogP contribution in [0, 0.1) is 6.92 Å². The molecule has 0 spiro atoms. The molecule has 4 aromatic rings. The minimum absolute atomic E-state index is 0.0451. The standard InChI is InChI=1S/C10H14.C9H14O.C8H14N2.C7H11NO.C2H6/c1-10(2,3)9-7-5-4-6-8-9;1-7-5-6-8(10-7)9(2,3)4;1-8(2,3)7-9-5-6-10(7)4;1-7(2,3)6-8-4-5-9-6;1-2/h4-8H,1-3H3;2*5-6H,1-4H3;4-5H,1-3H3;1-2H3. The second-order valence-electron chi connectivity index (χ2n) is 14.0. The van der Waals surface area contributed by atoms with Gasteiger partial charge in [-0.3, -0.25) is 0 Å². The van der Waals surface area contributed by atoms with Crippen LogP contribution in [-0.2, 0) is 28.7 Å². The van der Waals surface area contributed by atoms with E-state index in [1.54, 1.807) is 12.5 Å². The SMILES string of the molecule is CC.CC(C)(C)c1ccccc1.CC(C)(C)c1ncco1.Cc1ccc(C(C)(C)C)o1.Cn1ccnc1C(C)(C)C. The van der Waals surface area contributed by atoms with E-state index in [2.05, 4.69) is 128 Å². The van der Waals surface area contributed by atoms with E-state index in [9.17, 15) is 0 Å². The molecule has 5 nitrogen and oxygen atoms in total. The van der Waals surface area contributed by atoms with Crippen molar-refractivity contribution in [3.8, 4) is 0 Å². The molecular formula is C36H59N3O2. The fourth-order valence-corrected chi connectivity index (χ4v) is 3.46. The fourth-order valence-electron chi connectivity index (χ4n) is 3.46. The molecule has 0 aliphatic heterocycles.